The van der Waals surface area contributed by atoms with Crippen molar-refractivity contribution in [3.05, 3.63) is 101 Å². The summed E-state index contributed by atoms with van der Waals surface area (Å²) >= 11 is 6.03. The molecule has 4 heteroatoms. The van der Waals surface area contributed by atoms with Crippen LogP contribution in [0.2, 0.25) is 5.02 Å². The van der Waals surface area contributed by atoms with Crippen molar-refractivity contribution in [3.8, 4) is 0 Å². The van der Waals surface area contributed by atoms with Crippen molar-refractivity contribution in [2.24, 2.45) is 5.10 Å². The van der Waals surface area contributed by atoms with E-state index >= 15 is 0 Å². The van der Waals surface area contributed by atoms with Gasteiger partial charge in [0.05, 0.1) is 17.4 Å². The van der Waals surface area contributed by atoms with E-state index < -0.39 is 0 Å². The molecule has 0 N–H and O–H groups in total. The Morgan fingerprint density at radius 3 is 2.28 bits per heavy atom. The van der Waals surface area contributed by atoms with Gasteiger partial charge in [-0.2, -0.15) is 5.10 Å². The van der Waals surface area contributed by atoms with Gasteiger partial charge in [0, 0.05) is 17.0 Å². The maximum atomic E-state index is 14.2. The fraction of sp³-hybridized carbons (Fsp3) is 0.0952. The maximum Gasteiger partial charge on any atom is 0.132 e. The molecule has 1 aliphatic rings. The Kier molecular flexibility index (Phi) is 4.24. The lowest BCUT2D eigenvalue weighted by atomic mass is 9.98. The maximum absolute atomic E-state index is 14.2. The third-order valence-corrected chi connectivity index (χ3v) is 4.62. The zero-order valence-electron chi connectivity index (χ0n) is 13.4. The molecule has 1 atom stereocenters. The molecule has 0 amide bonds. The predicted octanol–water partition coefficient (Wildman–Crippen LogP) is 5.83. The number of para-hydroxylation sites is 1. The first-order valence-electron chi connectivity index (χ1n) is 8.14. The minimum atomic E-state index is -0.244. The van der Waals surface area contributed by atoms with E-state index in [0.717, 1.165) is 17.0 Å². The molecule has 0 unspecified atom stereocenters. The Morgan fingerprint density at radius 2 is 1.56 bits per heavy atom. The van der Waals surface area contributed by atoms with Crippen molar-refractivity contribution in [3.63, 3.8) is 0 Å². The topological polar surface area (TPSA) is 15.6 Å². The van der Waals surface area contributed by atoms with Gasteiger partial charge < -0.3 is 0 Å². The van der Waals surface area contributed by atoms with E-state index in [1.807, 2.05) is 65.7 Å². The molecule has 0 aromatic heterocycles. The number of anilines is 1. The summed E-state index contributed by atoms with van der Waals surface area (Å²) in [5.74, 6) is -0.244. The van der Waals surface area contributed by atoms with Crippen molar-refractivity contribution >= 4 is 23.0 Å². The van der Waals surface area contributed by atoms with E-state index in [9.17, 15) is 4.39 Å². The lowest BCUT2D eigenvalue weighted by Crippen LogP contribution is -2.18. The molecular formula is C21H16ClFN2. The normalized spacial score (nSPS) is 16.8. The van der Waals surface area contributed by atoms with Crippen molar-refractivity contribution in [2.45, 2.75) is 12.5 Å². The van der Waals surface area contributed by atoms with Gasteiger partial charge in [0.2, 0.25) is 0 Å². The monoisotopic (exact) mass is 350 g/mol. The molecule has 3 aromatic carbocycles. The van der Waals surface area contributed by atoms with E-state index in [1.165, 1.54) is 6.07 Å². The first-order chi connectivity index (χ1) is 12.2. The summed E-state index contributed by atoms with van der Waals surface area (Å²) in [7, 11) is 0. The molecule has 0 fully saturated rings. The zero-order chi connectivity index (χ0) is 17.2. The highest BCUT2D eigenvalue weighted by atomic mass is 35.5. The molecule has 124 valence electrons. The minimum Gasteiger partial charge on any atom is -0.257 e. The lowest BCUT2D eigenvalue weighted by molar-refractivity contribution is 0.624. The third kappa shape index (κ3) is 3.15. The fourth-order valence-electron chi connectivity index (χ4n) is 3.13. The summed E-state index contributed by atoms with van der Waals surface area (Å²) in [6, 6.07) is 24.5. The van der Waals surface area contributed by atoms with Crippen LogP contribution in [-0.2, 0) is 0 Å². The molecule has 1 aliphatic heterocycles. The van der Waals surface area contributed by atoms with Gasteiger partial charge in [0.25, 0.3) is 0 Å². The number of hydrogen-bond acceptors (Lipinski definition) is 2. The average molecular weight is 351 g/mol. The molecule has 2 nitrogen and oxygen atoms in total. The molecule has 1 heterocycles. The second kappa shape index (κ2) is 6.69. The van der Waals surface area contributed by atoms with Crippen LogP contribution in [0.15, 0.2) is 84.0 Å². The summed E-state index contributed by atoms with van der Waals surface area (Å²) in [5, 5.41) is 7.41. The largest absolute Gasteiger partial charge is 0.257 e. The lowest BCUT2D eigenvalue weighted by Gasteiger charge is -2.24. The van der Waals surface area contributed by atoms with Gasteiger partial charge in [-0.3, -0.25) is 5.01 Å². The Balaban J connectivity index is 1.77. The highest BCUT2D eigenvalue weighted by Crippen LogP contribution is 2.37. The SMILES string of the molecule is Fc1ccccc1C1=NN(c2ccccc2)[C@@H](c2ccc(Cl)cc2)C1. The van der Waals surface area contributed by atoms with Gasteiger partial charge in [-0.25, -0.2) is 4.39 Å². The molecule has 0 saturated carbocycles. The standard InChI is InChI=1S/C21H16ClFN2/c22-16-12-10-15(11-13-16)21-14-20(18-8-4-5-9-19(18)23)24-25(21)17-6-2-1-3-7-17/h1-13,21H,14H2/t21-/m1/s1. The summed E-state index contributed by atoms with van der Waals surface area (Å²) < 4.78 is 14.2. The number of rotatable bonds is 3. The molecule has 4 rings (SSSR count). The Hall–Kier alpha value is -2.65. The molecule has 0 bridgehead atoms. The molecule has 3 aromatic rings. The zero-order valence-corrected chi connectivity index (χ0v) is 14.2. The van der Waals surface area contributed by atoms with Gasteiger partial charge in [-0.05, 0) is 35.9 Å². The van der Waals surface area contributed by atoms with Crippen LogP contribution >= 0.6 is 11.6 Å². The van der Waals surface area contributed by atoms with Crippen LogP contribution in [0.3, 0.4) is 0 Å². The molecule has 0 radical (unpaired) electrons. The number of hydrazone groups is 1. The number of halogens is 2. The Morgan fingerprint density at radius 1 is 0.880 bits per heavy atom. The molecule has 25 heavy (non-hydrogen) atoms. The summed E-state index contributed by atoms with van der Waals surface area (Å²) in [6.45, 7) is 0. The quantitative estimate of drug-likeness (QED) is 0.579. The predicted molar refractivity (Wildman–Crippen MR) is 101 cm³/mol. The number of nitrogens with zero attached hydrogens (tertiary/aromatic N) is 2. The highest BCUT2D eigenvalue weighted by Gasteiger charge is 2.30. The van der Waals surface area contributed by atoms with Crippen molar-refractivity contribution in [1.82, 2.24) is 0 Å². The first-order valence-corrected chi connectivity index (χ1v) is 8.52. The van der Waals surface area contributed by atoms with Crippen molar-refractivity contribution in [1.29, 1.82) is 0 Å². The smallest absolute Gasteiger partial charge is 0.132 e. The van der Waals surface area contributed by atoms with Crippen molar-refractivity contribution < 1.29 is 4.39 Å². The van der Waals surface area contributed by atoms with Gasteiger partial charge in [0.15, 0.2) is 0 Å². The highest BCUT2D eigenvalue weighted by molar-refractivity contribution is 6.30. The van der Waals surface area contributed by atoms with Crippen LogP contribution in [0.1, 0.15) is 23.6 Å². The van der Waals surface area contributed by atoms with E-state index in [4.69, 9.17) is 16.7 Å². The number of hydrogen-bond donors (Lipinski definition) is 0. The number of benzene rings is 3. The first kappa shape index (κ1) is 15.9. The second-order valence-electron chi connectivity index (χ2n) is 5.98. The third-order valence-electron chi connectivity index (χ3n) is 4.37. The Labute approximate surface area is 151 Å². The van der Waals surface area contributed by atoms with Crippen LogP contribution in [-0.4, -0.2) is 5.71 Å². The van der Waals surface area contributed by atoms with Gasteiger partial charge in [0.1, 0.15) is 5.82 Å². The average Bonchev–Trinajstić information content (AvgIpc) is 3.08. The summed E-state index contributed by atoms with van der Waals surface area (Å²) in [6.07, 6.45) is 0.636. The van der Waals surface area contributed by atoms with Gasteiger partial charge in [-0.1, -0.05) is 60.1 Å². The van der Waals surface area contributed by atoms with Crippen LogP contribution in [0.4, 0.5) is 10.1 Å². The van der Waals surface area contributed by atoms with Gasteiger partial charge >= 0.3 is 0 Å². The second-order valence-corrected chi connectivity index (χ2v) is 6.41. The summed E-state index contributed by atoms with van der Waals surface area (Å²) in [5.41, 5.74) is 3.39. The molecule has 0 spiro atoms. The van der Waals surface area contributed by atoms with E-state index in [1.54, 1.807) is 12.1 Å². The van der Waals surface area contributed by atoms with Crippen molar-refractivity contribution in [2.75, 3.05) is 5.01 Å². The van der Waals surface area contributed by atoms with Crippen LogP contribution in [0.5, 0.6) is 0 Å². The molecular weight excluding hydrogens is 335 g/mol. The van der Waals surface area contributed by atoms with Crippen LogP contribution in [0.25, 0.3) is 0 Å². The van der Waals surface area contributed by atoms with Crippen LogP contribution in [0, 0.1) is 5.82 Å². The minimum absolute atomic E-state index is 0.00859. The van der Waals surface area contributed by atoms with Gasteiger partial charge in [-0.15, -0.1) is 0 Å². The fourth-order valence-corrected chi connectivity index (χ4v) is 3.26. The van der Waals surface area contributed by atoms with Crippen LogP contribution < -0.4 is 5.01 Å². The van der Waals surface area contributed by atoms with E-state index in [2.05, 4.69) is 0 Å². The Bertz CT molecular complexity index is 907. The molecule has 0 aliphatic carbocycles. The van der Waals surface area contributed by atoms with E-state index in [-0.39, 0.29) is 11.9 Å². The van der Waals surface area contributed by atoms with E-state index in [0.29, 0.717) is 17.0 Å². The molecule has 0 saturated heterocycles. The summed E-state index contributed by atoms with van der Waals surface area (Å²) in [4.78, 5) is 0.